The Hall–Kier alpha value is 0.300. The zero-order valence-corrected chi connectivity index (χ0v) is 5.67. The fraction of sp³-hybridized carbons (Fsp3) is 0.500. The molecule has 5 heteroatoms. The molecule has 0 saturated carbocycles. The summed E-state index contributed by atoms with van der Waals surface area (Å²) in [6.07, 6.45) is -0.268. The van der Waals surface area contributed by atoms with Gasteiger partial charge in [-0.2, -0.15) is 5.26 Å². The Bertz CT molecular complexity index is 133. The minimum absolute atomic E-state index is 0.268. The Morgan fingerprint density at radius 2 is 2.14 bits per heavy atom. The zero-order valence-electron chi connectivity index (χ0n) is 3.27. The summed E-state index contributed by atoms with van der Waals surface area (Å²) < 4.78 is 10.1. The van der Waals surface area contributed by atoms with Gasteiger partial charge < -0.3 is 0 Å². The van der Waals surface area contributed by atoms with Crippen molar-refractivity contribution in [2.24, 2.45) is 0 Å². The molecule has 0 fully saturated rings. The van der Waals surface area contributed by atoms with Crippen molar-refractivity contribution >= 4 is 28.3 Å². The molecule has 40 valence electrons. The van der Waals surface area contributed by atoms with E-state index in [0.29, 0.717) is 0 Å². The summed E-state index contributed by atoms with van der Waals surface area (Å²) in [7, 11) is 0. The summed E-state index contributed by atoms with van der Waals surface area (Å²) in [4.78, 5) is 0. The Morgan fingerprint density at radius 1 is 1.71 bits per heavy atom. The summed E-state index contributed by atoms with van der Waals surface area (Å²) in [5.74, 6) is -3.08. The average molecular weight is 158 g/mol. The second-order valence-corrected chi connectivity index (χ2v) is 6.14. The molecule has 0 aromatic rings. The second kappa shape index (κ2) is 2.57. The van der Waals surface area contributed by atoms with Crippen LogP contribution in [-0.4, -0.2) is 6.16 Å². The number of hydrogen-bond donors (Lipinski definition) is 0. The van der Waals surface area contributed by atoms with Gasteiger partial charge in [0.15, 0.2) is 0 Å². The molecule has 0 atom stereocenters. The van der Waals surface area contributed by atoms with Crippen molar-refractivity contribution in [2.75, 3.05) is 6.16 Å². The minimum atomic E-state index is -3.08. The van der Waals surface area contributed by atoms with E-state index < -0.39 is 5.85 Å². The summed E-state index contributed by atoms with van der Waals surface area (Å²) in [6.45, 7) is 0. The molecular formula is C2H2Cl2NOP. The lowest BCUT2D eigenvalue weighted by atomic mass is 10.9. The van der Waals surface area contributed by atoms with Crippen molar-refractivity contribution in [3.05, 3.63) is 0 Å². The summed E-state index contributed by atoms with van der Waals surface area (Å²) in [5.41, 5.74) is 0. The van der Waals surface area contributed by atoms with Gasteiger partial charge in [0.2, 0.25) is 0 Å². The molecule has 0 N–H and O–H groups in total. The number of rotatable bonds is 1. The van der Waals surface area contributed by atoms with Crippen molar-refractivity contribution in [1.29, 1.82) is 5.26 Å². The highest BCUT2D eigenvalue weighted by atomic mass is 35.9. The van der Waals surface area contributed by atoms with Gasteiger partial charge in [0.05, 0.1) is 6.07 Å². The lowest BCUT2D eigenvalue weighted by Gasteiger charge is -1.86. The van der Waals surface area contributed by atoms with Crippen LogP contribution in [-0.2, 0) is 4.57 Å². The fourth-order valence-electron chi connectivity index (χ4n) is 0.0823. The quantitative estimate of drug-likeness (QED) is 0.548. The molecule has 0 aliphatic heterocycles. The first-order valence-corrected chi connectivity index (χ1v) is 5.12. The topological polar surface area (TPSA) is 40.9 Å². The van der Waals surface area contributed by atoms with E-state index >= 15 is 0 Å². The lowest BCUT2D eigenvalue weighted by Crippen LogP contribution is -1.65. The fourth-order valence-corrected chi connectivity index (χ4v) is 0.568. The van der Waals surface area contributed by atoms with E-state index in [4.69, 9.17) is 27.7 Å². The number of nitrogens with zero attached hydrogens (tertiary/aromatic N) is 1. The van der Waals surface area contributed by atoms with Crippen LogP contribution in [0.1, 0.15) is 0 Å². The molecule has 0 aliphatic rings. The van der Waals surface area contributed by atoms with Crippen LogP contribution >= 0.6 is 28.3 Å². The van der Waals surface area contributed by atoms with Crippen molar-refractivity contribution in [3.63, 3.8) is 0 Å². The van der Waals surface area contributed by atoms with Crippen LogP contribution in [0.3, 0.4) is 0 Å². The highest BCUT2D eigenvalue weighted by Gasteiger charge is 2.10. The second-order valence-electron chi connectivity index (χ2n) is 0.886. The third-order valence-electron chi connectivity index (χ3n) is 0.255. The molecule has 0 spiro atoms. The van der Waals surface area contributed by atoms with Crippen LogP contribution in [0.25, 0.3) is 0 Å². The maximum Gasteiger partial charge on any atom is 0.266 e. The minimum Gasteiger partial charge on any atom is -0.288 e. The smallest absolute Gasteiger partial charge is 0.266 e. The van der Waals surface area contributed by atoms with E-state index in [9.17, 15) is 4.57 Å². The molecular weight excluding hydrogens is 156 g/mol. The number of hydrogen-bond acceptors (Lipinski definition) is 2. The molecule has 0 heterocycles. The molecule has 0 aromatic carbocycles. The standard InChI is InChI=1S/C2H2Cl2NOP/c3-7(4,6)2-1-5/h2H2. The van der Waals surface area contributed by atoms with Gasteiger partial charge in [0.1, 0.15) is 6.16 Å². The SMILES string of the molecule is N#CCP(=O)(Cl)Cl. The molecule has 0 aromatic heterocycles. The van der Waals surface area contributed by atoms with Crippen LogP contribution in [0.5, 0.6) is 0 Å². The van der Waals surface area contributed by atoms with Crippen LogP contribution in [0, 0.1) is 11.3 Å². The van der Waals surface area contributed by atoms with Gasteiger partial charge in [0.25, 0.3) is 5.85 Å². The summed E-state index contributed by atoms with van der Waals surface area (Å²) >= 11 is 9.86. The highest BCUT2D eigenvalue weighted by Crippen LogP contribution is 2.55. The summed E-state index contributed by atoms with van der Waals surface area (Å²) in [5, 5.41) is 7.81. The molecule has 0 saturated heterocycles. The predicted octanol–water partition coefficient (Wildman–Crippen LogP) is 2.18. The van der Waals surface area contributed by atoms with E-state index in [1.165, 1.54) is 0 Å². The highest BCUT2D eigenvalue weighted by molar-refractivity contribution is 8.08. The van der Waals surface area contributed by atoms with Gasteiger partial charge in [-0.3, -0.25) is 4.57 Å². The van der Waals surface area contributed by atoms with Gasteiger partial charge >= 0.3 is 0 Å². The monoisotopic (exact) mass is 157 g/mol. The van der Waals surface area contributed by atoms with Crippen LogP contribution in [0.2, 0.25) is 0 Å². The first-order chi connectivity index (χ1) is 3.06. The molecule has 0 rings (SSSR count). The third-order valence-corrected chi connectivity index (χ3v) is 1.48. The molecule has 0 radical (unpaired) electrons. The first-order valence-electron chi connectivity index (χ1n) is 1.41. The third kappa shape index (κ3) is 6.30. The molecule has 0 unspecified atom stereocenters. The van der Waals surface area contributed by atoms with E-state index in [2.05, 4.69) is 0 Å². The molecule has 0 aliphatic carbocycles. The van der Waals surface area contributed by atoms with E-state index in [-0.39, 0.29) is 6.16 Å². The van der Waals surface area contributed by atoms with Gasteiger partial charge in [-0.25, -0.2) is 0 Å². The Morgan fingerprint density at radius 3 is 2.14 bits per heavy atom. The Balaban J connectivity index is 3.65. The largest absolute Gasteiger partial charge is 0.288 e. The number of nitriles is 1. The number of halogens is 2. The van der Waals surface area contributed by atoms with Crippen LogP contribution in [0.4, 0.5) is 0 Å². The van der Waals surface area contributed by atoms with Gasteiger partial charge in [0, 0.05) is 0 Å². The lowest BCUT2D eigenvalue weighted by molar-refractivity contribution is 0.594. The van der Waals surface area contributed by atoms with Crippen molar-refractivity contribution in [3.8, 4) is 6.07 Å². The van der Waals surface area contributed by atoms with E-state index in [1.807, 2.05) is 0 Å². The summed E-state index contributed by atoms with van der Waals surface area (Å²) in [6, 6.07) is 1.58. The van der Waals surface area contributed by atoms with Crippen molar-refractivity contribution in [1.82, 2.24) is 0 Å². The normalized spacial score (nSPS) is 10.4. The van der Waals surface area contributed by atoms with E-state index in [1.54, 1.807) is 6.07 Å². The van der Waals surface area contributed by atoms with Crippen molar-refractivity contribution in [2.45, 2.75) is 0 Å². The molecule has 2 nitrogen and oxygen atoms in total. The van der Waals surface area contributed by atoms with Gasteiger partial charge in [-0.1, -0.05) is 0 Å². The molecule has 0 bridgehead atoms. The van der Waals surface area contributed by atoms with Crippen LogP contribution < -0.4 is 0 Å². The Labute approximate surface area is 51.0 Å². The Kier molecular flexibility index (Phi) is 2.68. The van der Waals surface area contributed by atoms with Gasteiger partial charge in [-0.05, 0) is 22.5 Å². The predicted molar refractivity (Wildman–Crippen MR) is 29.8 cm³/mol. The molecule has 7 heavy (non-hydrogen) atoms. The molecule has 0 amide bonds. The maximum absolute atomic E-state index is 10.1. The van der Waals surface area contributed by atoms with E-state index in [0.717, 1.165) is 0 Å². The van der Waals surface area contributed by atoms with Gasteiger partial charge in [-0.15, -0.1) is 0 Å². The maximum atomic E-state index is 10.1. The van der Waals surface area contributed by atoms with Crippen molar-refractivity contribution < 1.29 is 4.57 Å². The average Bonchev–Trinajstić information content (AvgIpc) is 1.30. The zero-order chi connectivity index (χ0) is 5.91. The van der Waals surface area contributed by atoms with Crippen LogP contribution in [0.15, 0.2) is 0 Å². The first kappa shape index (κ1) is 7.30.